The van der Waals surface area contributed by atoms with Crippen LogP contribution in [0.25, 0.3) is 0 Å². The van der Waals surface area contributed by atoms with Crippen LogP contribution in [-0.4, -0.2) is 37.5 Å². The Bertz CT molecular complexity index is 876. The summed E-state index contributed by atoms with van der Waals surface area (Å²) in [4.78, 5) is 38.3. The summed E-state index contributed by atoms with van der Waals surface area (Å²) in [6.45, 7) is 5.16. The molecule has 0 aromatic heterocycles. The van der Waals surface area contributed by atoms with Crippen LogP contribution in [0.15, 0.2) is 11.6 Å². The molecule has 0 N–H and O–H groups in total. The van der Waals surface area contributed by atoms with Gasteiger partial charge in [0.2, 0.25) is 6.29 Å². The van der Waals surface area contributed by atoms with E-state index in [1.807, 2.05) is 19.9 Å². The molecule has 1 heterocycles. The van der Waals surface area contributed by atoms with Crippen molar-refractivity contribution in [3.05, 3.63) is 44.0 Å². The van der Waals surface area contributed by atoms with Crippen LogP contribution >= 0.6 is 0 Å². The molecule has 0 aliphatic carbocycles. The molecule has 0 radical (unpaired) electrons. The van der Waals surface area contributed by atoms with Gasteiger partial charge in [-0.2, -0.15) is 0 Å². The molecule has 0 fully saturated rings. The van der Waals surface area contributed by atoms with Gasteiger partial charge < -0.3 is 18.9 Å². The van der Waals surface area contributed by atoms with Gasteiger partial charge in [0.25, 0.3) is 5.09 Å². The first-order valence-corrected chi connectivity index (χ1v) is 9.29. The van der Waals surface area contributed by atoms with Crippen molar-refractivity contribution >= 4 is 11.9 Å². The summed E-state index contributed by atoms with van der Waals surface area (Å²) in [5.74, 6) is 0.00835. The van der Waals surface area contributed by atoms with Gasteiger partial charge in [0.05, 0.1) is 14.2 Å². The zero-order chi connectivity index (χ0) is 22.4. The molecule has 1 unspecified atom stereocenters. The quantitative estimate of drug-likeness (QED) is 0.184. The van der Waals surface area contributed by atoms with Gasteiger partial charge in [0, 0.05) is 17.5 Å². The molecule has 1 aliphatic rings. The van der Waals surface area contributed by atoms with Gasteiger partial charge in [0.1, 0.15) is 23.7 Å². The van der Waals surface area contributed by atoms with Crippen molar-refractivity contribution in [3.8, 4) is 11.5 Å². The maximum atomic E-state index is 12.2. The number of hydrogen-bond acceptors (Lipinski definition) is 9. The molecule has 0 saturated carbocycles. The molecule has 30 heavy (non-hydrogen) atoms. The molecular weight excluding hydrogens is 398 g/mol. The first-order valence-electron chi connectivity index (χ1n) is 9.29. The molecule has 10 heteroatoms. The molecule has 10 nitrogen and oxygen atoms in total. The number of cyclic esters (lactones) is 1. The van der Waals surface area contributed by atoms with Crippen molar-refractivity contribution in [1.29, 1.82) is 0 Å². The molecule has 164 valence electrons. The van der Waals surface area contributed by atoms with Crippen molar-refractivity contribution in [3.63, 3.8) is 0 Å². The minimum absolute atomic E-state index is 0.0392. The molecule has 2 rings (SSSR count). The molecule has 0 bridgehead atoms. The Balaban J connectivity index is 2.12. The van der Waals surface area contributed by atoms with Crippen molar-refractivity contribution in [1.82, 2.24) is 0 Å². The molecule has 1 aromatic rings. The van der Waals surface area contributed by atoms with E-state index in [0.717, 1.165) is 16.7 Å². The first kappa shape index (κ1) is 23.0. The van der Waals surface area contributed by atoms with Gasteiger partial charge in [-0.25, -0.2) is 4.79 Å². The highest BCUT2D eigenvalue weighted by molar-refractivity contribution is 5.98. The predicted molar refractivity (Wildman–Crippen MR) is 104 cm³/mol. The highest BCUT2D eigenvalue weighted by Crippen LogP contribution is 2.42. The minimum atomic E-state index is -1.26. The number of fused-ring (bicyclic) bond motifs is 1. The Kier molecular flexibility index (Phi) is 7.62. The molecule has 0 spiro atoms. The van der Waals surface area contributed by atoms with Crippen molar-refractivity contribution in [2.75, 3.05) is 14.2 Å². The number of hydrogen-bond donors (Lipinski definition) is 0. The second-order valence-electron chi connectivity index (χ2n) is 6.74. The van der Waals surface area contributed by atoms with Gasteiger partial charge >= 0.3 is 11.9 Å². The number of esters is 2. The molecule has 1 atom stereocenters. The summed E-state index contributed by atoms with van der Waals surface area (Å²) in [7, 11) is 3.04. The van der Waals surface area contributed by atoms with Gasteiger partial charge in [-0.3, -0.25) is 9.63 Å². The Morgan fingerprint density at radius 2 is 1.93 bits per heavy atom. The standard InChI is InChI=1S/C20H25NO9/c1-11(7-9-16(22)29-13(3)30-21(24)25)6-8-14-18(26-4)12(2)15-10-28-20(23)17(15)19(14)27-5/h6,13H,7-10H2,1-5H3/b11-6+. The maximum absolute atomic E-state index is 12.2. The predicted octanol–water partition coefficient (Wildman–Crippen LogP) is 3.05. The highest BCUT2D eigenvalue weighted by Gasteiger charge is 2.32. The number of benzene rings is 1. The largest absolute Gasteiger partial charge is 0.496 e. The van der Waals surface area contributed by atoms with E-state index < -0.39 is 23.3 Å². The van der Waals surface area contributed by atoms with E-state index in [1.54, 1.807) is 7.11 Å². The van der Waals surface area contributed by atoms with E-state index >= 15 is 0 Å². The number of nitrogens with zero attached hydrogens (tertiary/aromatic N) is 1. The van der Waals surface area contributed by atoms with E-state index in [4.69, 9.17) is 18.9 Å². The molecule has 1 aliphatic heterocycles. The zero-order valence-corrected chi connectivity index (χ0v) is 17.6. The zero-order valence-electron chi connectivity index (χ0n) is 17.6. The van der Waals surface area contributed by atoms with Crippen LogP contribution in [0.1, 0.15) is 53.7 Å². The van der Waals surface area contributed by atoms with Crippen LogP contribution in [0.2, 0.25) is 0 Å². The normalized spacial score (nSPS) is 13.9. The number of carbonyl (C=O) groups is 2. The number of ether oxygens (including phenoxy) is 4. The van der Waals surface area contributed by atoms with Crippen LogP contribution < -0.4 is 9.47 Å². The molecular formula is C20H25NO9. The van der Waals surface area contributed by atoms with Gasteiger partial charge in [0.15, 0.2) is 0 Å². The Morgan fingerprint density at radius 3 is 2.53 bits per heavy atom. The molecule has 0 amide bonds. The van der Waals surface area contributed by atoms with Gasteiger partial charge in [-0.1, -0.05) is 11.6 Å². The van der Waals surface area contributed by atoms with Crippen molar-refractivity contribution in [2.45, 2.75) is 52.9 Å². The fourth-order valence-corrected chi connectivity index (χ4v) is 3.30. The summed E-state index contributed by atoms with van der Waals surface area (Å²) < 4.78 is 21.0. The number of rotatable bonds is 10. The summed E-state index contributed by atoms with van der Waals surface area (Å²) in [6.07, 6.45) is 1.48. The average Bonchev–Trinajstić information content (AvgIpc) is 3.06. The second kappa shape index (κ2) is 9.95. The Hall–Kier alpha value is -3.30. The lowest BCUT2D eigenvalue weighted by atomic mass is 9.94. The van der Waals surface area contributed by atoms with Crippen LogP contribution in [0.3, 0.4) is 0 Å². The maximum Gasteiger partial charge on any atom is 0.342 e. The monoisotopic (exact) mass is 423 g/mol. The lowest BCUT2D eigenvalue weighted by molar-refractivity contribution is -0.777. The van der Waals surface area contributed by atoms with Crippen LogP contribution in [-0.2, 0) is 32.1 Å². The van der Waals surface area contributed by atoms with E-state index in [9.17, 15) is 19.7 Å². The fourth-order valence-electron chi connectivity index (χ4n) is 3.30. The summed E-state index contributed by atoms with van der Waals surface area (Å²) in [6, 6.07) is 0. The van der Waals surface area contributed by atoms with Gasteiger partial charge in [-0.05, 0) is 39.2 Å². The molecule has 1 aromatic carbocycles. The summed E-state index contributed by atoms with van der Waals surface area (Å²) in [5.41, 5.74) is 3.60. The van der Waals surface area contributed by atoms with Crippen molar-refractivity contribution in [2.24, 2.45) is 0 Å². The average molecular weight is 423 g/mol. The lowest BCUT2D eigenvalue weighted by Gasteiger charge is -2.18. The topological polar surface area (TPSA) is 123 Å². The smallest absolute Gasteiger partial charge is 0.342 e. The van der Waals surface area contributed by atoms with Gasteiger partial charge in [-0.15, -0.1) is 10.1 Å². The third kappa shape index (κ3) is 5.19. The minimum Gasteiger partial charge on any atom is -0.496 e. The highest BCUT2D eigenvalue weighted by atomic mass is 17.0. The summed E-state index contributed by atoms with van der Waals surface area (Å²) in [5, 5.41) is 9.21. The molecule has 0 saturated heterocycles. The summed E-state index contributed by atoms with van der Waals surface area (Å²) >= 11 is 0. The number of methoxy groups -OCH3 is 2. The van der Waals surface area contributed by atoms with Crippen molar-refractivity contribution < 1.29 is 38.5 Å². The second-order valence-corrected chi connectivity index (χ2v) is 6.74. The SMILES string of the molecule is COc1c(C)c2c(c(OC)c1C/C=C(\C)CCC(=O)OC(C)O[N+](=O)[O-])C(=O)OC2. The van der Waals surface area contributed by atoms with Crippen LogP contribution in [0.5, 0.6) is 11.5 Å². The van der Waals surface area contributed by atoms with E-state index in [0.29, 0.717) is 35.5 Å². The number of carbonyl (C=O) groups excluding carboxylic acids is 2. The van der Waals surface area contributed by atoms with Crippen LogP contribution in [0, 0.1) is 17.0 Å². The number of allylic oxidation sites excluding steroid dienone is 2. The van der Waals surface area contributed by atoms with E-state index in [1.165, 1.54) is 14.0 Å². The Labute approximate surface area is 173 Å². The van der Waals surface area contributed by atoms with Crippen LogP contribution in [0.4, 0.5) is 0 Å². The lowest BCUT2D eigenvalue weighted by Crippen LogP contribution is -2.20. The van der Waals surface area contributed by atoms with E-state index in [-0.39, 0.29) is 13.0 Å². The third-order valence-electron chi connectivity index (χ3n) is 4.74. The Morgan fingerprint density at radius 1 is 1.27 bits per heavy atom. The van der Waals surface area contributed by atoms with E-state index in [2.05, 4.69) is 4.84 Å². The first-order chi connectivity index (χ1) is 14.2. The third-order valence-corrected chi connectivity index (χ3v) is 4.74. The fraction of sp³-hybridized carbons (Fsp3) is 0.500.